The van der Waals surface area contributed by atoms with Crippen LogP contribution >= 0.6 is 0 Å². The molecule has 0 atom stereocenters. The Labute approximate surface area is 183 Å². The van der Waals surface area contributed by atoms with E-state index < -0.39 is 58.7 Å². The summed E-state index contributed by atoms with van der Waals surface area (Å²) in [5.41, 5.74) is -1.87. The molecule has 0 aliphatic carbocycles. The summed E-state index contributed by atoms with van der Waals surface area (Å²) in [7, 11) is -7.91. The number of benzene rings is 2. The van der Waals surface area contributed by atoms with Crippen molar-refractivity contribution in [3.63, 3.8) is 0 Å². The minimum atomic E-state index is -5.07. The van der Waals surface area contributed by atoms with E-state index >= 15 is 0 Å². The second-order valence-electron chi connectivity index (χ2n) is 5.83. The molecule has 2 aromatic carbocycles. The van der Waals surface area contributed by atoms with Crippen LogP contribution in [0.25, 0.3) is 11.1 Å². The van der Waals surface area contributed by atoms with Gasteiger partial charge in [-0.05, 0) is 0 Å². The van der Waals surface area contributed by atoms with Gasteiger partial charge < -0.3 is 0 Å². The Morgan fingerprint density at radius 2 is 1.41 bits per heavy atom. The molecule has 0 radical (unpaired) electrons. The van der Waals surface area contributed by atoms with Crippen LogP contribution < -0.4 is 2.81 Å². The van der Waals surface area contributed by atoms with Gasteiger partial charge in [0.1, 0.15) is 0 Å². The molecule has 0 saturated heterocycles. The molecular weight excluding hydrogens is 439 g/mol. The average Bonchev–Trinajstić information content (AvgIpc) is 2.64. The van der Waals surface area contributed by atoms with Gasteiger partial charge in [-0.2, -0.15) is 0 Å². The van der Waals surface area contributed by atoms with Crippen LogP contribution in [0.5, 0.6) is 0 Å². The summed E-state index contributed by atoms with van der Waals surface area (Å²) in [6, 6.07) is 5.41. The number of carbonyl (C=O) groups excluding carboxylic acids is 2. The maximum atomic E-state index is 12.3. The molecular formula is C16H13NaO10S2. The number of carbonyl (C=O) groups is 2. The fraction of sp³-hybridized carbons (Fsp3) is 0.125. The molecule has 0 amide bonds. The van der Waals surface area contributed by atoms with Crippen molar-refractivity contribution in [2.45, 2.75) is 9.79 Å². The van der Waals surface area contributed by atoms with Crippen molar-refractivity contribution in [2.24, 2.45) is 0 Å². The van der Waals surface area contributed by atoms with Gasteiger partial charge in [0, 0.05) is 0 Å². The quantitative estimate of drug-likeness (QED) is 0.364. The first-order valence-electron chi connectivity index (χ1n) is 7.72. The summed E-state index contributed by atoms with van der Waals surface area (Å²) < 4.78 is 76.8. The molecule has 29 heavy (non-hydrogen) atoms. The van der Waals surface area contributed by atoms with Crippen molar-refractivity contribution in [3.05, 3.63) is 41.5 Å². The molecule has 0 fully saturated rings. The van der Waals surface area contributed by atoms with Gasteiger partial charge in [0.25, 0.3) is 0 Å². The van der Waals surface area contributed by atoms with E-state index in [1.807, 2.05) is 0 Å². The van der Waals surface area contributed by atoms with Crippen LogP contribution in [-0.4, -0.2) is 80.0 Å². The fourth-order valence-corrected chi connectivity index (χ4v) is 4.85. The predicted molar refractivity (Wildman–Crippen MR) is 99.6 cm³/mol. The molecule has 2 N–H and O–H groups in total. The van der Waals surface area contributed by atoms with E-state index in [9.17, 15) is 35.5 Å². The summed E-state index contributed by atoms with van der Waals surface area (Å²) in [6.45, 7) is 0. The summed E-state index contributed by atoms with van der Waals surface area (Å²) in [5, 5.41) is 0. The van der Waals surface area contributed by atoms with Gasteiger partial charge in [-0.3, -0.25) is 0 Å². The zero-order valence-corrected chi connectivity index (χ0v) is 19.0. The van der Waals surface area contributed by atoms with E-state index in [1.165, 1.54) is 12.1 Å². The second kappa shape index (κ2) is 8.52. The van der Waals surface area contributed by atoms with Crippen LogP contribution in [0.2, 0.25) is 0 Å². The van der Waals surface area contributed by atoms with Gasteiger partial charge >= 0.3 is 185 Å². The van der Waals surface area contributed by atoms with E-state index in [-0.39, 0.29) is 5.56 Å². The molecule has 150 valence electrons. The topological polar surface area (TPSA) is 161 Å². The first-order valence-corrected chi connectivity index (χ1v) is 11.6. The van der Waals surface area contributed by atoms with Crippen LogP contribution in [0.3, 0.4) is 0 Å². The summed E-state index contributed by atoms with van der Waals surface area (Å²) in [6.07, 6.45) is 0. The number of hydrogen-bond acceptors (Lipinski definition) is 8. The summed E-state index contributed by atoms with van der Waals surface area (Å²) in [5.74, 6) is -2.14. The van der Waals surface area contributed by atoms with Crippen LogP contribution in [0.4, 0.5) is 0 Å². The minimum absolute atomic E-state index is 0.378. The Morgan fingerprint density at radius 1 is 0.862 bits per heavy atom. The molecule has 0 aliphatic rings. The Morgan fingerprint density at radius 3 is 1.90 bits per heavy atom. The molecule has 2 aromatic rings. The SMILES string of the molecule is COC(=O)c1cc(C(=O)OC)c(-c2cc[c]([Na])cc2S(=O)(=O)O)c(S(=O)(=O)O)c1. The predicted octanol–water partition coefficient (Wildman–Crippen LogP) is 0.214. The van der Waals surface area contributed by atoms with Crippen LogP contribution in [0.15, 0.2) is 40.1 Å². The van der Waals surface area contributed by atoms with E-state index in [1.54, 1.807) is 0 Å². The van der Waals surface area contributed by atoms with Crippen molar-refractivity contribution >= 4 is 62.9 Å². The number of methoxy groups -OCH3 is 2. The molecule has 0 saturated carbocycles. The van der Waals surface area contributed by atoms with E-state index in [4.69, 9.17) is 0 Å². The third-order valence-corrected chi connectivity index (χ3v) is 6.28. The Bertz CT molecular complexity index is 1220. The van der Waals surface area contributed by atoms with Gasteiger partial charge in [-0.25, -0.2) is 0 Å². The standard InChI is InChI=1S/C16H13O10S2.Na/c1-25-15(17)9-7-11(16(18)26-2)14(13(8-9)28(22,23)24)10-5-3-4-6-12(10)27(19,20)21;/h3,5-8H,1-2H3,(H,19,20,21)(H,22,23,24);. The molecule has 10 nitrogen and oxygen atoms in total. The first-order chi connectivity index (χ1) is 13.3. The van der Waals surface area contributed by atoms with E-state index in [0.717, 1.165) is 32.4 Å². The number of hydrogen-bond donors (Lipinski definition) is 2. The number of rotatable bonds is 5. The second-order valence-corrected chi connectivity index (χ2v) is 9.76. The van der Waals surface area contributed by atoms with E-state index in [0.29, 0.717) is 30.7 Å². The van der Waals surface area contributed by atoms with E-state index in [2.05, 4.69) is 9.47 Å². The van der Waals surface area contributed by atoms with Gasteiger partial charge in [-0.15, -0.1) is 0 Å². The number of ether oxygens (including phenoxy) is 2. The third-order valence-electron chi connectivity index (χ3n) is 3.89. The molecule has 0 heterocycles. The first kappa shape index (κ1) is 23.5. The van der Waals surface area contributed by atoms with Crippen LogP contribution in [-0.2, 0) is 29.7 Å². The normalized spacial score (nSPS) is 11.8. The molecule has 0 aliphatic heterocycles. The molecule has 0 spiro atoms. The summed E-state index contributed by atoms with van der Waals surface area (Å²) in [4.78, 5) is 22.6. The van der Waals surface area contributed by atoms with Crippen LogP contribution in [0.1, 0.15) is 20.7 Å². The van der Waals surface area contributed by atoms with Gasteiger partial charge in [0.05, 0.1) is 0 Å². The molecule has 0 aromatic heterocycles. The van der Waals surface area contributed by atoms with Crippen LogP contribution in [0, 0.1) is 0 Å². The zero-order chi connectivity index (χ0) is 22.1. The molecule has 0 bridgehead atoms. The Kier molecular flexibility index (Phi) is 6.89. The van der Waals surface area contributed by atoms with Gasteiger partial charge in [-0.1, -0.05) is 0 Å². The maximum absolute atomic E-state index is 12.3. The van der Waals surface area contributed by atoms with Crippen molar-refractivity contribution in [1.82, 2.24) is 0 Å². The Hall–Kier alpha value is -1.80. The van der Waals surface area contributed by atoms with Crippen molar-refractivity contribution in [1.29, 1.82) is 0 Å². The van der Waals surface area contributed by atoms with Crippen molar-refractivity contribution in [3.8, 4) is 11.1 Å². The average molecular weight is 452 g/mol. The fourth-order valence-electron chi connectivity index (χ4n) is 2.65. The molecule has 13 heteroatoms. The van der Waals surface area contributed by atoms with Crippen molar-refractivity contribution < 1.29 is 45.0 Å². The Balaban J connectivity index is 3.14. The van der Waals surface area contributed by atoms with Gasteiger partial charge in [0.2, 0.25) is 0 Å². The number of esters is 2. The zero-order valence-electron chi connectivity index (χ0n) is 15.4. The monoisotopic (exact) mass is 452 g/mol. The summed E-state index contributed by atoms with van der Waals surface area (Å²) >= 11 is 0.401. The third kappa shape index (κ3) is 5.04. The van der Waals surface area contributed by atoms with Crippen molar-refractivity contribution in [2.75, 3.05) is 14.2 Å². The van der Waals surface area contributed by atoms with Gasteiger partial charge in [0.15, 0.2) is 0 Å². The molecule has 0 unspecified atom stereocenters. The molecule has 2 rings (SSSR count).